The second-order valence-electron chi connectivity index (χ2n) is 5.31. The Morgan fingerprint density at radius 2 is 1.84 bits per heavy atom. The summed E-state index contributed by atoms with van der Waals surface area (Å²) in [6, 6.07) is 15.2. The zero-order chi connectivity index (χ0) is 17.8. The summed E-state index contributed by atoms with van der Waals surface area (Å²) in [6.45, 7) is 0.376. The molecule has 0 bridgehead atoms. The third-order valence-electron chi connectivity index (χ3n) is 3.53. The molecule has 25 heavy (non-hydrogen) atoms. The minimum Gasteiger partial charge on any atom is -0.288 e. The number of rotatable bonds is 4. The second kappa shape index (κ2) is 8.19. The van der Waals surface area contributed by atoms with Crippen molar-refractivity contribution in [1.82, 2.24) is 4.90 Å². The number of allylic oxidation sites excluding steroid dienone is 2. The first-order valence-electron chi connectivity index (χ1n) is 7.45. The van der Waals surface area contributed by atoms with Gasteiger partial charge in [0, 0.05) is 0 Å². The maximum atomic E-state index is 12.6. The van der Waals surface area contributed by atoms with Crippen LogP contribution in [-0.4, -0.2) is 15.1 Å². The van der Waals surface area contributed by atoms with Gasteiger partial charge in [0.2, 0.25) is 0 Å². The third-order valence-corrected chi connectivity index (χ3v) is 5.67. The van der Waals surface area contributed by atoms with E-state index in [-0.39, 0.29) is 5.91 Å². The summed E-state index contributed by atoms with van der Waals surface area (Å²) in [6.07, 6.45) is 5.60. The molecule has 1 aliphatic rings. The largest absolute Gasteiger partial charge is 0.288 e. The van der Waals surface area contributed by atoms with Gasteiger partial charge >= 0.3 is 0 Å². The maximum absolute atomic E-state index is 12.6. The smallest absolute Gasteiger partial charge is 0.266 e. The molecule has 0 N–H and O–H groups in total. The molecular formula is C19H13Cl2NOS2. The lowest BCUT2D eigenvalue weighted by molar-refractivity contribution is -0.122. The molecule has 1 saturated heterocycles. The van der Waals surface area contributed by atoms with E-state index in [1.54, 1.807) is 23.1 Å². The standard InChI is InChI=1S/C19H13Cl2NOS2/c20-15-10-9-14(11-16(15)21)12-22-18(23)17(25-19(22)24)8-4-7-13-5-2-1-3-6-13/h1-11H,12H2. The van der Waals surface area contributed by atoms with Gasteiger partial charge in [-0.15, -0.1) is 0 Å². The molecule has 6 heteroatoms. The number of carbonyl (C=O) groups excluding carboxylic acids is 1. The van der Waals surface area contributed by atoms with Crippen LogP contribution in [0.25, 0.3) is 6.08 Å². The molecule has 0 saturated carbocycles. The Morgan fingerprint density at radius 3 is 2.56 bits per heavy atom. The third kappa shape index (κ3) is 4.53. The van der Waals surface area contributed by atoms with E-state index >= 15 is 0 Å². The minimum atomic E-state index is -0.0983. The summed E-state index contributed by atoms with van der Waals surface area (Å²) >= 11 is 18.6. The predicted molar refractivity (Wildman–Crippen MR) is 111 cm³/mol. The SMILES string of the molecule is O=C1C(=CC=Cc2ccccc2)SC(=S)N1Cc1ccc(Cl)c(Cl)c1. The highest BCUT2D eigenvalue weighted by atomic mass is 35.5. The van der Waals surface area contributed by atoms with Crippen molar-refractivity contribution in [2.24, 2.45) is 0 Å². The zero-order valence-corrected chi connectivity index (χ0v) is 16.1. The van der Waals surface area contributed by atoms with Crippen LogP contribution >= 0.6 is 47.2 Å². The van der Waals surface area contributed by atoms with Gasteiger partial charge in [-0.05, 0) is 29.3 Å². The molecule has 1 amide bonds. The molecule has 2 nitrogen and oxygen atoms in total. The molecule has 0 spiro atoms. The Morgan fingerprint density at radius 1 is 1.08 bits per heavy atom. The van der Waals surface area contributed by atoms with Gasteiger partial charge in [-0.3, -0.25) is 9.69 Å². The van der Waals surface area contributed by atoms with E-state index in [0.29, 0.717) is 25.8 Å². The lowest BCUT2D eigenvalue weighted by Gasteiger charge is -2.14. The fourth-order valence-electron chi connectivity index (χ4n) is 2.28. The van der Waals surface area contributed by atoms with Crippen LogP contribution < -0.4 is 0 Å². The number of nitrogens with zero attached hydrogens (tertiary/aromatic N) is 1. The molecule has 0 aromatic heterocycles. The van der Waals surface area contributed by atoms with E-state index in [2.05, 4.69) is 0 Å². The summed E-state index contributed by atoms with van der Waals surface area (Å²) in [5, 5.41) is 0.952. The van der Waals surface area contributed by atoms with Crippen LogP contribution in [-0.2, 0) is 11.3 Å². The molecule has 0 aliphatic carbocycles. The van der Waals surface area contributed by atoms with Crippen LogP contribution in [0.3, 0.4) is 0 Å². The van der Waals surface area contributed by atoms with Crippen molar-refractivity contribution < 1.29 is 4.79 Å². The summed E-state index contributed by atoms with van der Waals surface area (Å²) in [5.74, 6) is -0.0983. The summed E-state index contributed by atoms with van der Waals surface area (Å²) in [4.78, 5) is 14.8. The highest BCUT2D eigenvalue weighted by Crippen LogP contribution is 2.33. The van der Waals surface area contributed by atoms with Gasteiger partial charge in [-0.1, -0.05) is 95.7 Å². The molecule has 1 aliphatic heterocycles. The van der Waals surface area contributed by atoms with Crippen molar-refractivity contribution in [2.75, 3.05) is 0 Å². The Labute approximate surface area is 166 Å². The maximum Gasteiger partial charge on any atom is 0.266 e. The van der Waals surface area contributed by atoms with Crippen molar-refractivity contribution in [2.45, 2.75) is 6.54 Å². The molecule has 0 radical (unpaired) electrons. The highest BCUT2D eigenvalue weighted by molar-refractivity contribution is 8.26. The summed E-state index contributed by atoms with van der Waals surface area (Å²) in [7, 11) is 0. The fraction of sp³-hybridized carbons (Fsp3) is 0.0526. The van der Waals surface area contributed by atoms with Gasteiger partial charge in [0.1, 0.15) is 4.32 Å². The first-order chi connectivity index (χ1) is 12.0. The molecule has 126 valence electrons. The highest BCUT2D eigenvalue weighted by Gasteiger charge is 2.31. The van der Waals surface area contributed by atoms with Crippen LogP contribution in [0.4, 0.5) is 0 Å². The monoisotopic (exact) mass is 405 g/mol. The van der Waals surface area contributed by atoms with E-state index < -0.39 is 0 Å². The van der Waals surface area contributed by atoms with Gasteiger partial charge in [0.15, 0.2) is 0 Å². The van der Waals surface area contributed by atoms with E-state index in [9.17, 15) is 4.79 Å². The van der Waals surface area contributed by atoms with Crippen molar-refractivity contribution in [3.63, 3.8) is 0 Å². The van der Waals surface area contributed by atoms with Crippen LogP contribution in [0, 0.1) is 0 Å². The number of benzene rings is 2. The molecule has 2 aromatic carbocycles. The molecule has 3 rings (SSSR count). The molecule has 2 aromatic rings. The van der Waals surface area contributed by atoms with Gasteiger partial charge in [-0.25, -0.2) is 0 Å². The Kier molecular flexibility index (Phi) is 5.97. The average molecular weight is 406 g/mol. The summed E-state index contributed by atoms with van der Waals surface area (Å²) in [5.41, 5.74) is 1.96. The lowest BCUT2D eigenvalue weighted by atomic mass is 10.2. The molecule has 1 heterocycles. The number of amides is 1. The number of hydrogen-bond donors (Lipinski definition) is 0. The quantitative estimate of drug-likeness (QED) is 0.462. The zero-order valence-electron chi connectivity index (χ0n) is 13.0. The molecule has 0 unspecified atom stereocenters. The normalized spacial score (nSPS) is 16.4. The molecular weight excluding hydrogens is 393 g/mol. The van der Waals surface area contributed by atoms with Crippen LogP contribution in [0.1, 0.15) is 11.1 Å². The lowest BCUT2D eigenvalue weighted by Crippen LogP contribution is -2.27. The van der Waals surface area contributed by atoms with E-state index in [1.165, 1.54) is 11.8 Å². The van der Waals surface area contributed by atoms with Crippen LogP contribution in [0.15, 0.2) is 65.6 Å². The van der Waals surface area contributed by atoms with E-state index in [0.717, 1.165) is 11.1 Å². The number of thioether (sulfide) groups is 1. The molecule has 1 fully saturated rings. The number of thiocarbonyl (C=S) groups is 1. The van der Waals surface area contributed by atoms with E-state index in [4.69, 9.17) is 35.4 Å². The number of carbonyl (C=O) groups is 1. The van der Waals surface area contributed by atoms with Gasteiger partial charge in [0.25, 0.3) is 5.91 Å². The fourth-order valence-corrected chi connectivity index (χ4v) is 3.81. The second-order valence-corrected chi connectivity index (χ2v) is 7.80. The molecule has 0 atom stereocenters. The van der Waals surface area contributed by atoms with Crippen LogP contribution in [0.2, 0.25) is 10.0 Å². The van der Waals surface area contributed by atoms with Crippen molar-refractivity contribution >= 4 is 63.5 Å². The van der Waals surface area contributed by atoms with Gasteiger partial charge in [-0.2, -0.15) is 0 Å². The van der Waals surface area contributed by atoms with E-state index in [1.807, 2.05) is 48.6 Å². The van der Waals surface area contributed by atoms with Gasteiger partial charge in [0.05, 0.1) is 21.5 Å². The topological polar surface area (TPSA) is 20.3 Å². The summed E-state index contributed by atoms with van der Waals surface area (Å²) < 4.78 is 0.537. The minimum absolute atomic E-state index is 0.0983. The predicted octanol–water partition coefficient (Wildman–Crippen LogP) is 5.95. The van der Waals surface area contributed by atoms with Crippen LogP contribution in [0.5, 0.6) is 0 Å². The van der Waals surface area contributed by atoms with Crippen molar-refractivity contribution in [3.8, 4) is 0 Å². The average Bonchev–Trinajstić information content (AvgIpc) is 2.87. The number of halogens is 2. The first-order valence-corrected chi connectivity index (χ1v) is 9.43. The Hall–Kier alpha value is -1.59. The Bertz CT molecular complexity index is 878. The Balaban J connectivity index is 1.72. The number of hydrogen-bond acceptors (Lipinski definition) is 3. The first kappa shape index (κ1) is 18.2. The van der Waals surface area contributed by atoms with Gasteiger partial charge < -0.3 is 0 Å². The van der Waals surface area contributed by atoms with Crippen molar-refractivity contribution in [3.05, 3.63) is 86.8 Å². The van der Waals surface area contributed by atoms with Crippen molar-refractivity contribution in [1.29, 1.82) is 0 Å².